The van der Waals surface area contributed by atoms with Crippen molar-refractivity contribution in [3.63, 3.8) is 0 Å². The summed E-state index contributed by atoms with van der Waals surface area (Å²) in [5, 5.41) is 1.70. The van der Waals surface area contributed by atoms with Crippen LogP contribution in [-0.2, 0) is 0 Å². The van der Waals surface area contributed by atoms with Crippen LogP contribution < -0.4 is 5.32 Å². The molecule has 2 amide bonds. The maximum atomic E-state index is 12.6. The summed E-state index contributed by atoms with van der Waals surface area (Å²) in [6.07, 6.45) is 0. The number of hydrazine groups is 1. The molecule has 0 spiro atoms. The van der Waals surface area contributed by atoms with Crippen molar-refractivity contribution in [1.82, 2.24) is 15.3 Å². The molecule has 88 valence electrons. The van der Waals surface area contributed by atoms with Crippen LogP contribution in [0.4, 0.5) is 0 Å². The molecule has 2 heterocycles. The number of benzene rings is 1. The molecule has 3 rings (SSSR count). The lowest BCUT2D eigenvalue weighted by atomic mass is 10.1. The van der Waals surface area contributed by atoms with Crippen molar-refractivity contribution < 1.29 is 20.6 Å². The van der Waals surface area contributed by atoms with E-state index in [1.165, 1.54) is 24.3 Å². The van der Waals surface area contributed by atoms with Gasteiger partial charge >= 0.3 is 0 Å². The lowest BCUT2D eigenvalue weighted by molar-refractivity contribution is -0.00356. The van der Waals surface area contributed by atoms with E-state index in [4.69, 9.17) is 11.0 Å². The number of rotatable bonds is 1. The molecule has 2 aliphatic heterocycles. The summed E-state index contributed by atoms with van der Waals surface area (Å²) in [6, 6.07) is 5.53. The van der Waals surface area contributed by atoms with Crippen molar-refractivity contribution in [3.05, 3.63) is 35.4 Å². The van der Waals surface area contributed by atoms with E-state index < -0.39 is 37.8 Å². The number of fused-ring (bicyclic) bond motifs is 1. The smallest absolute Gasteiger partial charge is 0.276 e. The topological polar surface area (TPSA) is 52.6 Å². The van der Waals surface area contributed by atoms with Crippen LogP contribution in [0.1, 0.15) is 31.7 Å². The van der Waals surface area contributed by atoms with Gasteiger partial charge in [-0.1, -0.05) is 12.1 Å². The fraction of sp³-hybridized carbons (Fsp3) is 0.333. The number of imide groups is 1. The quantitative estimate of drug-likeness (QED) is 0.706. The molecular formula is C12H13N3O2. The van der Waals surface area contributed by atoms with E-state index >= 15 is 0 Å². The summed E-state index contributed by atoms with van der Waals surface area (Å²) in [7, 11) is 0. The zero-order valence-electron chi connectivity index (χ0n) is 16.5. The van der Waals surface area contributed by atoms with Crippen LogP contribution in [0.3, 0.4) is 0 Å². The summed E-state index contributed by atoms with van der Waals surface area (Å²) in [5.74, 6) is -2.11. The molecule has 0 radical (unpaired) electrons. The number of hydrogen-bond donors (Lipinski definition) is 1. The second-order valence-corrected chi connectivity index (χ2v) is 3.38. The Labute approximate surface area is 110 Å². The third kappa shape index (κ3) is 1.55. The second-order valence-electron chi connectivity index (χ2n) is 3.38. The van der Waals surface area contributed by atoms with Crippen molar-refractivity contribution >= 4 is 11.8 Å². The van der Waals surface area contributed by atoms with E-state index in [1.54, 1.807) is 5.32 Å². The molecule has 5 heteroatoms. The minimum absolute atomic E-state index is 0.0822. The van der Waals surface area contributed by atoms with Gasteiger partial charge in [0.15, 0.2) is 0 Å². The van der Waals surface area contributed by atoms with Gasteiger partial charge in [0.25, 0.3) is 11.8 Å². The molecule has 17 heavy (non-hydrogen) atoms. The van der Waals surface area contributed by atoms with E-state index in [-0.39, 0.29) is 21.1 Å². The molecule has 0 aromatic heterocycles. The molecule has 2 aliphatic rings. The van der Waals surface area contributed by atoms with E-state index in [9.17, 15) is 9.59 Å². The molecule has 0 atom stereocenters. The molecule has 1 fully saturated rings. The molecule has 0 bridgehead atoms. The van der Waals surface area contributed by atoms with Gasteiger partial charge < -0.3 is 5.32 Å². The Morgan fingerprint density at radius 2 is 1.59 bits per heavy atom. The largest absolute Gasteiger partial charge is 0.314 e. The molecule has 5 nitrogen and oxygen atoms in total. The highest BCUT2D eigenvalue weighted by Gasteiger charge is 2.39. The van der Waals surface area contributed by atoms with Gasteiger partial charge in [0.1, 0.15) is 0 Å². The van der Waals surface area contributed by atoms with Gasteiger partial charge in [0, 0.05) is 37.0 Å². The number of piperazine rings is 1. The number of amides is 2. The van der Waals surface area contributed by atoms with Gasteiger partial charge in [-0.25, -0.2) is 10.0 Å². The molecule has 1 N–H and O–H groups in total. The first kappa shape index (κ1) is 4.88. The third-order valence-corrected chi connectivity index (χ3v) is 2.42. The summed E-state index contributed by atoms with van der Waals surface area (Å²) in [4.78, 5) is 25.1. The minimum Gasteiger partial charge on any atom is -0.314 e. The normalized spacial score (nSPS) is 39.6. The van der Waals surface area contributed by atoms with Crippen LogP contribution in [-0.4, -0.2) is 47.8 Å². The summed E-state index contributed by atoms with van der Waals surface area (Å²) >= 11 is 0. The Hall–Kier alpha value is -1.72. The van der Waals surface area contributed by atoms with Crippen LogP contribution in [0.15, 0.2) is 24.3 Å². The van der Waals surface area contributed by atoms with Crippen molar-refractivity contribution in [2.24, 2.45) is 0 Å². The van der Waals surface area contributed by atoms with Gasteiger partial charge in [-0.3, -0.25) is 9.59 Å². The maximum absolute atomic E-state index is 12.6. The van der Waals surface area contributed by atoms with Crippen molar-refractivity contribution in [1.29, 1.82) is 0 Å². The standard InChI is InChI=1S/C12H13N3O2/c16-11-9-3-1-2-4-10(9)12(17)15(11)14-7-5-13-6-8-14/h1-4,13H,5-8H2/i5D2,6D2,7D2,8D2. The van der Waals surface area contributed by atoms with Crippen molar-refractivity contribution in [2.45, 2.75) is 0 Å². The van der Waals surface area contributed by atoms with E-state index in [2.05, 4.69) is 0 Å². The zero-order chi connectivity index (χ0) is 19.0. The molecule has 0 unspecified atom stereocenters. The summed E-state index contributed by atoms with van der Waals surface area (Å²) in [6.45, 7) is -12.7. The lowest BCUT2D eigenvalue weighted by Gasteiger charge is -2.33. The monoisotopic (exact) mass is 239 g/mol. The Bertz CT molecular complexity index is 720. The lowest BCUT2D eigenvalue weighted by Crippen LogP contribution is -2.54. The molecule has 1 saturated heterocycles. The zero-order valence-corrected chi connectivity index (χ0v) is 8.52. The number of nitrogens with one attached hydrogen (secondary N) is 1. The van der Waals surface area contributed by atoms with Gasteiger partial charge in [0.05, 0.1) is 11.1 Å². The second kappa shape index (κ2) is 3.94. The number of carbonyl (C=O) groups excluding carboxylic acids is 2. The SMILES string of the molecule is [2H]C1([2H])NC([2H])([2H])C([2H])([2H])N(N2C(=O)c3ccccc3C2=O)C1([2H])[2H]. The Morgan fingerprint density at radius 3 is 2.12 bits per heavy atom. The molecule has 1 aromatic rings. The molecular weight excluding hydrogens is 218 g/mol. The summed E-state index contributed by atoms with van der Waals surface area (Å²) < 4.78 is 62.8. The van der Waals surface area contributed by atoms with Crippen molar-refractivity contribution in [3.8, 4) is 0 Å². The van der Waals surface area contributed by atoms with Gasteiger partial charge in [-0.05, 0) is 12.1 Å². The van der Waals surface area contributed by atoms with E-state index in [1.807, 2.05) is 0 Å². The fourth-order valence-electron chi connectivity index (χ4n) is 1.68. The Kier molecular flexibility index (Phi) is 1.13. The molecule has 0 saturated carbocycles. The highest BCUT2D eigenvalue weighted by molar-refractivity contribution is 6.20. The third-order valence-electron chi connectivity index (χ3n) is 2.42. The molecule has 0 aliphatic carbocycles. The minimum atomic E-state index is -3.25. The average molecular weight is 239 g/mol. The number of carbonyl (C=O) groups is 2. The molecule has 1 aromatic carbocycles. The summed E-state index contributed by atoms with van der Waals surface area (Å²) in [5.41, 5.74) is -0.197. The first-order valence-electron chi connectivity index (χ1n) is 8.83. The van der Waals surface area contributed by atoms with Crippen LogP contribution in [0.5, 0.6) is 0 Å². The van der Waals surface area contributed by atoms with E-state index in [0.29, 0.717) is 0 Å². The van der Waals surface area contributed by atoms with Crippen LogP contribution >= 0.6 is 0 Å². The Balaban J connectivity index is 2.20. The van der Waals surface area contributed by atoms with Crippen LogP contribution in [0.2, 0.25) is 0 Å². The number of hydrogen-bond acceptors (Lipinski definition) is 4. The Morgan fingerprint density at radius 1 is 1.06 bits per heavy atom. The van der Waals surface area contributed by atoms with Crippen LogP contribution in [0.25, 0.3) is 0 Å². The first-order chi connectivity index (χ1) is 11.3. The first-order valence-corrected chi connectivity index (χ1v) is 4.83. The van der Waals surface area contributed by atoms with E-state index in [0.717, 1.165) is 0 Å². The fourth-order valence-corrected chi connectivity index (χ4v) is 1.68. The average Bonchev–Trinajstić information content (AvgIpc) is 2.70. The van der Waals surface area contributed by atoms with Crippen LogP contribution in [0, 0.1) is 0 Å². The highest BCUT2D eigenvalue weighted by atomic mass is 16.2. The highest BCUT2D eigenvalue weighted by Crippen LogP contribution is 2.23. The van der Waals surface area contributed by atoms with Crippen molar-refractivity contribution in [2.75, 3.05) is 26.0 Å². The van der Waals surface area contributed by atoms with Gasteiger partial charge in [-0.2, -0.15) is 0 Å². The predicted octanol–water partition coefficient (Wildman–Crippen LogP) is 0.103. The van der Waals surface area contributed by atoms with Gasteiger partial charge in [-0.15, -0.1) is 0 Å². The van der Waals surface area contributed by atoms with Gasteiger partial charge in [0.2, 0.25) is 0 Å². The predicted molar refractivity (Wildman–Crippen MR) is 61.4 cm³/mol. The number of nitrogens with zero attached hydrogens (tertiary/aromatic N) is 2. The maximum Gasteiger partial charge on any atom is 0.276 e.